The molecule has 0 aliphatic heterocycles. The second-order valence-electron chi connectivity index (χ2n) is 5.14. The smallest absolute Gasteiger partial charge is 0.223 e. The van der Waals surface area contributed by atoms with Gasteiger partial charge in [-0.1, -0.05) is 19.9 Å². The Morgan fingerprint density at radius 1 is 1.32 bits per heavy atom. The van der Waals surface area contributed by atoms with E-state index in [2.05, 4.69) is 11.4 Å². The molecular formula is C17H23N3O2. The lowest BCUT2D eigenvalue weighted by molar-refractivity contribution is -0.125. The lowest BCUT2D eigenvalue weighted by atomic mass is 10.0. The van der Waals surface area contributed by atoms with E-state index in [0.717, 1.165) is 12.8 Å². The van der Waals surface area contributed by atoms with Crippen LogP contribution in [-0.2, 0) is 9.59 Å². The van der Waals surface area contributed by atoms with E-state index in [-0.39, 0.29) is 17.7 Å². The molecule has 0 unspecified atom stereocenters. The Balaban J connectivity index is 2.68. The number of rotatable bonds is 7. The topological polar surface area (TPSA) is 73.2 Å². The maximum atomic E-state index is 11.9. The van der Waals surface area contributed by atoms with Crippen LogP contribution in [0.1, 0.15) is 39.2 Å². The normalized spacial score (nSPS) is 10.1. The molecule has 0 radical (unpaired) electrons. The van der Waals surface area contributed by atoms with Crippen molar-refractivity contribution >= 4 is 17.5 Å². The summed E-state index contributed by atoms with van der Waals surface area (Å²) in [6, 6.07) is 8.95. The average molecular weight is 301 g/mol. The third kappa shape index (κ3) is 4.88. The molecule has 0 fully saturated rings. The Labute approximate surface area is 131 Å². The van der Waals surface area contributed by atoms with Gasteiger partial charge in [0.25, 0.3) is 0 Å². The SMILES string of the molecule is CCC(CC)C(=O)NCCN(C(C)=O)c1cccc(C#N)c1. The number of hydrogen-bond donors (Lipinski definition) is 1. The van der Waals surface area contributed by atoms with Crippen molar-refractivity contribution in [3.63, 3.8) is 0 Å². The summed E-state index contributed by atoms with van der Waals surface area (Å²) in [5, 5.41) is 11.8. The fourth-order valence-corrected chi connectivity index (χ4v) is 2.31. The molecule has 0 heterocycles. The minimum atomic E-state index is -0.119. The maximum Gasteiger partial charge on any atom is 0.223 e. The molecule has 1 aromatic rings. The minimum Gasteiger partial charge on any atom is -0.354 e. The molecule has 5 nitrogen and oxygen atoms in total. The molecule has 0 saturated heterocycles. The molecule has 2 amide bonds. The van der Waals surface area contributed by atoms with Gasteiger partial charge in [0.1, 0.15) is 0 Å². The van der Waals surface area contributed by atoms with Gasteiger partial charge in [-0.3, -0.25) is 9.59 Å². The number of hydrogen-bond acceptors (Lipinski definition) is 3. The van der Waals surface area contributed by atoms with E-state index < -0.39 is 0 Å². The summed E-state index contributed by atoms with van der Waals surface area (Å²) in [4.78, 5) is 25.3. The van der Waals surface area contributed by atoms with Gasteiger partial charge in [0, 0.05) is 31.6 Å². The zero-order chi connectivity index (χ0) is 16.5. The van der Waals surface area contributed by atoms with Gasteiger partial charge in [0.2, 0.25) is 11.8 Å². The van der Waals surface area contributed by atoms with Gasteiger partial charge < -0.3 is 10.2 Å². The van der Waals surface area contributed by atoms with Crippen molar-refractivity contribution in [1.82, 2.24) is 5.32 Å². The molecule has 0 aliphatic carbocycles. The van der Waals surface area contributed by atoms with Gasteiger partial charge in [-0.25, -0.2) is 0 Å². The van der Waals surface area contributed by atoms with Crippen LogP contribution in [0.5, 0.6) is 0 Å². The number of anilines is 1. The monoisotopic (exact) mass is 301 g/mol. The van der Waals surface area contributed by atoms with Crippen LogP contribution in [0.4, 0.5) is 5.69 Å². The summed E-state index contributed by atoms with van der Waals surface area (Å²) in [5.41, 5.74) is 1.17. The van der Waals surface area contributed by atoms with Gasteiger partial charge in [0.05, 0.1) is 11.6 Å². The predicted octanol–water partition coefficient (Wildman–Crippen LogP) is 2.46. The summed E-state index contributed by atoms with van der Waals surface area (Å²) in [5.74, 6) is -0.0705. The zero-order valence-corrected chi connectivity index (χ0v) is 13.4. The quantitative estimate of drug-likeness (QED) is 0.840. The van der Waals surface area contributed by atoms with Crippen LogP contribution < -0.4 is 10.2 Å². The van der Waals surface area contributed by atoms with Crippen molar-refractivity contribution < 1.29 is 9.59 Å². The molecule has 5 heteroatoms. The molecule has 0 saturated carbocycles. The molecule has 1 N–H and O–H groups in total. The van der Waals surface area contributed by atoms with Gasteiger partial charge >= 0.3 is 0 Å². The van der Waals surface area contributed by atoms with Crippen molar-refractivity contribution in [3.05, 3.63) is 29.8 Å². The Morgan fingerprint density at radius 2 is 2.00 bits per heavy atom. The van der Waals surface area contributed by atoms with Crippen LogP contribution in [0.25, 0.3) is 0 Å². The third-order valence-electron chi connectivity index (χ3n) is 3.66. The van der Waals surface area contributed by atoms with Crippen LogP contribution in [-0.4, -0.2) is 24.9 Å². The van der Waals surface area contributed by atoms with E-state index in [1.165, 1.54) is 6.92 Å². The highest BCUT2D eigenvalue weighted by atomic mass is 16.2. The van der Waals surface area contributed by atoms with Crippen molar-refractivity contribution in [2.45, 2.75) is 33.6 Å². The number of nitrogens with one attached hydrogen (secondary N) is 1. The second kappa shape index (κ2) is 8.83. The Bertz CT molecular complexity index is 559. The Kier molecular flexibility index (Phi) is 7.11. The average Bonchev–Trinajstić information content (AvgIpc) is 2.52. The van der Waals surface area contributed by atoms with E-state index in [4.69, 9.17) is 5.26 Å². The lowest BCUT2D eigenvalue weighted by Gasteiger charge is -2.22. The van der Waals surface area contributed by atoms with Crippen molar-refractivity contribution in [2.24, 2.45) is 5.92 Å². The van der Waals surface area contributed by atoms with Crippen LogP contribution in [0.3, 0.4) is 0 Å². The summed E-state index contributed by atoms with van der Waals surface area (Å²) < 4.78 is 0. The fourth-order valence-electron chi connectivity index (χ4n) is 2.31. The molecule has 0 spiro atoms. The first-order chi connectivity index (χ1) is 10.5. The first-order valence-electron chi connectivity index (χ1n) is 7.59. The van der Waals surface area contributed by atoms with E-state index in [1.54, 1.807) is 29.2 Å². The van der Waals surface area contributed by atoms with E-state index in [1.807, 2.05) is 13.8 Å². The van der Waals surface area contributed by atoms with E-state index in [9.17, 15) is 9.59 Å². The Morgan fingerprint density at radius 3 is 2.55 bits per heavy atom. The standard InChI is InChI=1S/C17H23N3O2/c1-4-15(5-2)17(22)19-9-10-20(13(3)21)16-8-6-7-14(11-16)12-18/h6-8,11,15H,4-5,9-10H2,1-3H3,(H,19,22). The molecule has 0 bridgehead atoms. The zero-order valence-electron chi connectivity index (χ0n) is 13.4. The van der Waals surface area contributed by atoms with Crippen LogP contribution >= 0.6 is 0 Å². The van der Waals surface area contributed by atoms with Crippen LogP contribution in [0.15, 0.2) is 24.3 Å². The molecule has 118 valence electrons. The molecule has 0 aromatic heterocycles. The summed E-state index contributed by atoms with van der Waals surface area (Å²) >= 11 is 0. The predicted molar refractivity (Wildman–Crippen MR) is 86.3 cm³/mol. The fraction of sp³-hybridized carbons (Fsp3) is 0.471. The number of carbonyl (C=O) groups is 2. The number of amides is 2. The van der Waals surface area contributed by atoms with E-state index >= 15 is 0 Å². The minimum absolute atomic E-state index is 0.0210. The molecule has 0 atom stereocenters. The van der Waals surface area contributed by atoms with E-state index in [0.29, 0.717) is 24.3 Å². The number of nitrogens with zero attached hydrogens (tertiary/aromatic N) is 2. The highest BCUT2D eigenvalue weighted by Crippen LogP contribution is 2.16. The highest BCUT2D eigenvalue weighted by molar-refractivity contribution is 5.91. The summed E-state index contributed by atoms with van der Waals surface area (Å²) in [6.45, 7) is 6.23. The van der Waals surface area contributed by atoms with Crippen molar-refractivity contribution in [3.8, 4) is 6.07 Å². The van der Waals surface area contributed by atoms with Gasteiger partial charge in [-0.15, -0.1) is 0 Å². The summed E-state index contributed by atoms with van der Waals surface area (Å²) in [7, 11) is 0. The largest absolute Gasteiger partial charge is 0.354 e. The number of nitriles is 1. The van der Waals surface area contributed by atoms with Crippen molar-refractivity contribution in [2.75, 3.05) is 18.0 Å². The number of benzene rings is 1. The molecule has 0 aliphatic rings. The first-order valence-corrected chi connectivity index (χ1v) is 7.59. The van der Waals surface area contributed by atoms with Crippen LogP contribution in [0, 0.1) is 17.2 Å². The molecular weight excluding hydrogens is 278 g/mol. The maximum absolute atomic E-state index is 11.9. The molecule has 22 heavy (non-hydrogen) atoms. The van der Waals surface area contributed by atoms with Crippen molar-refractivity contribution in [1.29, 1.82) is 5.26 Å². The van der Waals surface area contributed by atoms with Gasteiger partial charge in [-0.2, -0.15) is 5.26 Å². The highest BCUT2D eigenvalue weighted by Gasteiger charge is 2.15. The van der Waals surface area contributed by atoms with Crippen LogP contribution in [0.2, 0.25) is 0 Å². The Hall–Kier alpha value is -2.35. The van der Waals surface area contributed by atoms with Gasteiger partial charge in [0.15, 0.2) is 0 Å². The molecule has 1 aromatic carbocycles. The van der Waals surface area contributed by atoms with Gasteiger partial charge in [-0.05, 0) is 31.0 Å². The second-order valence-corrected chi connectivity index (χ2v) is 5.14. The summed E-state index contributed by atoms with van der Waals surface area (Å²) in [6.07, 6.45) is 1.62. The lowest BCUT2D eigenvalue weighted by Crippen LogP contribution is -2.39. The first kappa shape index (κ1) is 17.7. The molecule has 1 rings (SSSR count). The number of carbonyl (C=O) groups excluding carboxylic acids is 2. The third-order valence-corrected chi connectivity index (χ3v) is 3.66.